The van der Waals surface area contributed by atoms with Gasteiger partial charge in [0.05, 0.1) is 11.0 Å². The van der Waals surface area contributed by atoms with Crippen LogP contribution in [0.15, 0.2) is 60.7 Å². The highest BCUT2D eigenvalue weighted by Gasteiger charge is 2.12. The molecule has 2 aromatic carbocycles. The molecule has 3 aromatic rings. The topological polar surface area (TPSA) is 17.8 Å². The molecule has 1 heterocycles. The van der Waals surface area contributed by atoms with Gasteiger partial charge in [-0.1, -0.05) is 48.0 Å². The number of aromatic nitrogens is 2. The number of nitrogens with zero attached hydrogens (tertiary/aromatic N) is 2. The van der Waals surface area contributed by atoms with Gasteiger partial charge < -0.3 is 4.57 Å². The first-order chi connectivity index (χ1) is 9.65. The Bertz CT molecular complexity index is 787. The van der Waals surface area contributed by atoms with Gasteiger partial charge in [-0.15, -0.1) is 0 Å². The molecule has 100 valence electrons. The van der Waals surface area contributed by atoms with Gasteiger partial charge >= 0.3 is 0 Å². The Morgan fingerprint density at radius 3 is 2.75 bits per heavy atom. The van der Waals surface area contributed by atoms with Crippen LogP contribution in [0.25, 0.3) is 22.4 Å². The van der Waals surface area contributed by atoms with E-state index >= 15 is 0 Å². The number of allylic oxidation sites excluding steroid dienone is 1. The van der Waals surface area contributed by atoms with Crippen molar-refractivity contribution in [2.75, 3.05) is 0 Å². The highest BCUT2D eigenvalue weighted by atomic mass is 35.5. The molecule has 0 radical (unpaired) electrons. The van der Waals surface area contributed by atoms with Crippen molar-refractivity contribution in [2.45, 2.75) is 13.5 Å². The molecule has 0 atom stereocenters. The van der Waals surface area contributed by atoms with E-state index in [-0.39, 0.29) is 0 Å². The van der Waals surface area contributed by atoms with Crippen molar-refractivity contribution < 1.29 is 0 Å². The summed E-state index contributed by atoms with van der Waals surface area (Å²) >= 11 is 6.10. The van der Waals surface area contributed by atoms with Gasteiger partial charge in [0.15, 0.2) is 0 Å². The second-order valence-corrected chi connectivity index (χ2v) is 5.41. The van der Waals surface area contributed by atoms with Crippen LogP contribution in [0.5, 0.6) is 0 Å². The van der Waals surface area contributed by atoms with Gasteiger partial charge in [0.2, 0.25) is 0 Å². The Morgan fingerprint density at radius 2 is 2.00 bits per heavy atom. The average Bonchev–Trinajstić information content (AvgIpc) is 2.77. The van der Waals surface area contributed by atoms with Crippen LogP contribution in [-0.4, -0.2) is 9.55 Å². The minimum Gasteiger partial charge on any atom is -0.320 e. The van der Waals surface area contributed by atoms with Gasteiger partial charge in [-0.05, 0) is 31.2 Å². The molecular weight excluding hydrogens is 268 g/mol. The number of para-hydroxylation sites is 2. The molecule has 0 bridgehead atoms. The van der Waals surface area contributed by atoms with E-state index in [1.54, 1.807) is 0 Å². The zero-order valence-corrected chi connectivity index (χ0v) is 12.1. The number of rotatable bonds is 3. The predicted octanol–water partition coefficient (Wildman–Crippen LogP) is 4.93. The van der Waals surface area contributed by atoms with Crippen LogP contribution in [0.3, 0.4) is 0 Å². The largest absolute Gasteiger partial charge is 0.320 e. The molecule has 0 N–H and O–H groups in total. The molecular formula is C17H15ClN2. The second kappa shape index (κ2) is 5.14. The lowest BCUT2D eigenvalue weighted by atomic mass is 10.2. The third-order valence-electron chi connectivity index (χ3n) is 3.17. The maximum Gasteiger partial charge on any atom is 0.141 e. The summed E-state index contributed by atoms with van der Waals surface area (Å²) in [5.41, 5.74) is 4.22. The summed E-state index contributed by atoms with van der Waals surface area (Å²) in [7, 11) is 0. The second-order valence-electron chi connectivity index (χ2n) is 4.98. The van der Waals surface area contributed by atoms with Gasteiger partial charge in [-0.2, -0.15) is 0 Å². The summed E-state index contributed by atoms with van der Waals surface area (Å²) in [6.45, 7) is 6.79. The van der Waals surface area contributed by atoms with E-state index in [0.717, 1.165) is 39.6 Å². The Hall–Kier alpha value is -2.06. The Balaban J connectivity index is 2.26. The maximum absolute atomic E-state index is 6.10. The minimum absolute atomic E-state index is 0.719. The number of halogens is 1. The molecule has 2 nitrogen and oxygen atoms in total. The quantitative estimate of drug-likeness (QED) is 0.623. The standard InChI is InChI=1S/C17H15ClN2/c1-12(2)11-20-16-9-4-3-8-15(16)19-17(20)13-6-5-7-14(18)10-13/h3-10H,1,11H2,2H3. The Labute approximate surface area is 123 Å². The van der Waals surface area contributed by atoms with E-state index in [2.05, 4.69) is 17.2 Å². The molecule has 0 aliphatic carbocycles. The number of hydrogen-bond acceptors (Lipinski definition) is 1. The van der Waals surface area contributed by atoms with E-state index in [1.807, 2.05) is 49.4 Å². The van der Waals surface area contributed by atoms with Gasteiger partial charge in [0, 0.05) is 17.1 Å². The summed E-state index contributed by atoms with van der Waals surface area (Å²) in [6, 6.07) is 15.9. The summed E-state index contributed by atoms with van der Waals surface area (Å²) in [4.78, 5) is 4.74. The lowest BCUT2D eigenvalue weighted by Gasteiger charge is -2.09. The fraction of sp³-hybridized carbons (Fsp3) is 0.118. The maximum atomic E-state index is 6.10. The molecule has 0 saturated heterocycles. The molecule has 3 heteroatoms. The third kappa shape index (κ3) is 2.35. The number of hydrogen-bond donors (Lipinski definition) is 0. The number of imidazole rings is 1. The van der Waals surface area contributed by atoms with E-state index < -0.39 is 0 Å². The molecule has 20 heavy (non-hydrogen) atoms. The Morgan fingerprint density at radius 1 is 1.20 bits per heavy atom. The zero-order valence-electron chi connectivity index (χ0n) is 11.3. The van der Waals surface area contributed by atoms with Gasteiger partial charge in [-0.25, -0.2) is 4.98 Å². The van der Waals surface area contributed by atoms with Crippen LogP contribution in [0.1, 0.15) is 6.92 Å². The van der Waals surface area contributed by atoms with E-state index in [0.29, 0.717) is 0 Å². The Kier molecular flexibility index (Phi) is 3.33. The van der Waals surface area contributed by atoms with Gasteiger partial charge in [0.1, 0.15) is 5.82 Å². The molecule has 0 aliphatic heterocycles. The average molecular weight is 283 g/mol. The van der Waals surface area contributed by atoms with Crippen molar-refractivity contribution in [1.82, 2.24) is 9.55 Å². The molecule has 0 spiro atoms. The number of fused-ring (bicyclic) bond motifs is 1. The smallest absolute Gasteiger partial charge is 0.141 e. The van der Waals surface area contributed by atoms with Crippen molar-refractivity contribution in [1.29, 1.82) is 0 Å². The minimum atomic E-state index is 0.719. The molecule has 1 aromatic heterocycles. The van der Waals surface area contributed by atoms with E-state index in [1.165, 1.54) is 0 Å². The predicted molar refractivity (Wildman–Crippen MR) is 85.0 cm³/mol. The number of benzene rings is 2. The van der Waals surface area contributed by atoms with Gasteiger partial charge in [-0.3, -0.25) is 0 Å². The van der Waals surface area contributed by atoms with Crippen molar-refractivity contribution in [3.05, 3.63) is 65.7 Å². The summed E-state index contributed by atoms with van der Waals surface area (Å²) in [5.74, 6) is 0.928. The molecule has 0 unspecified atom stereocenters. The normalized spacial score (nSPS) is 10.9. The zero-order chi connectivity index (χ0) is 14.1. The van der Waals surface area contributed by atoms with Crippen LogP contribution in [0.2, 0.25) is 5.02 Å². The van der Waals surface area contributed by atoms with Crippen LogP contribution in [0, 0.1) is 0 Å². The molecule has 0 fully saturated rings. The highest BCUT2D eigenvalue weighted by Crippen LogP contribution is 2.27. The highest BCUT2D eigenvalue weighted by molar-refractivity contribution is 6.30. The molecule has 0 amide bonds. The van der Waals surface area contributed by atoms with Crippen LogP contribution in [-0.2, 0) is 6.54 Å². The van der Waals surface area contributed by atoms with E-state index in [4.69, 9.17) is 16.6 Å². The molecule has 0 aliphatic rings. The summed E-state index contributed by atoms with van der Waals surface area (Å²) in [5, 5.41) is 0.719. The van der Waals surface area contributed by atoms with Crippen LogP contribution >= 0.6 is 11.6 Å². The molecule has 3 rings (SSSR count). The third-order valence-corrected chi connectivity index (χ3v) is 3.40. The monoisotopic (exact) mass is 282 g/mol. The first-order valence-electron chi connectivity index (χ1n) is 6.51. The summed E-state index contributed by atoms with van der Waals surface area (Å²) < 4.78 is 2.18. The van der Waals surface area contributed by atoms with Gasteiger partial charge in [0.25, 0.3) is 0 Å². The van der Waals surface area contributed by atoms with Crippen LogP contribution in [0.4, 0.5) is 0 Å². The first-order valence-corrected chi connectivity index (χ1v) is 6.88. The van der Waals surface area contributed by atoms with Crippen molar-refractivity contribution in [2.24, 2.45) is 0 Å². The molecule has 0 saturated carbocycles. The summed E-state index contributed by atoms with van der Waals surface area (Å²) in [6.07, 6.45) is 0. The lowest BCUT2D eigenvalue weighted by molar-refractivity contribution is 0.820. The SMILES string of the molecule is C=C(C)Cn1c(-c2cccc(Cl)c2)nc2ccccc21. The lowest BCUT2D eigenvalue weighted by Crippen LogP contribution is -2.01. The van der Waals surface area contributed by atoms with Crippen molar-refractivity contribution >= 4 is 22.6 Å². The van der Waals surface area contributed by atoms with E-state index in [9.17, 15) is 0 Å². The van der Waals surface area contributed by atoms with Crippen molar-refractivity contribution in [3.63, 3.8) is 0 Å². The van der Waals surface area contributed by atoms with Crippen LogP contribution < -0.4 is 0 Å². The first kappa shape index (κ1) is 12.9. The van der Waals surface area contributed by atoms with Crippen molar-refractivity contribution in [3.8, 4) is 11.4 Å². The fourth-order valence-corrected chi connectivity index (χ4v) is 2.54. The fourth-order valence-electron chi connectivity index (χ4n) is 2.35.